The molecule has 0 aromatic heterocycles. The van der Waals surface area contributed by atoms with Crippen molar-refractivity contribution < 1.29 is 14.6 Å². The predicted molar refractivity (Wildman–Crippen MR) is 140 cm³/mol. The van der Waals surface area contributed by atoms with Gasteiger partial charge in [0.1, 0.15) is 5.75 Å². The average molecular weight is 484 g/mol. The number of hydrazine groups is 1. The van der Waals surface area contributed by atoms with Crippen LogP contribution in [-0.4, -0.2) is 30.1 Å². The first-order valence-electron chi connectivity index (χ1n) is 13.7. The first kappa shape index (κ1) is 24.9. The number of nitrogen functional groups attached to an aromatic ring is 1. The highest BCUT2D eigenvalue weighted by Crippen LogP contribution is 2.68. The van der Waals surface area contributed by atoms with E-state index in [0.717, 1.165) is 44.4 Å². The second-order valence-electron chi connectivity index (χ2n) is 13.1. The Morgan fingerprint density at radius 3 is 2.51 bits per heavy atom. The van der Waals surface area contributed by atoms with Gasteiger partial charge < -0.3 is 20.6 Å². The monoisotopic (exact) mass is 483 g/mol. The fraction of sp³-hybridized carbons (Fsp3) is 0.759. The van der Waals surface area contributed by atoms with Gasteiger partial charge in [-0.3, -0.25) is 4.79 Å². The quantitative estimate of drug-likeness (QED) is 0.312. The third kappa shape index (κ3) is 4.05. The van der Waals surface area contributed by atoms with E-state index >= 15 is 0 Å². The average Bonchev–Trinajstić information content (AvgIpc) is 3.16. The van der Waals surface area contributed by atoms with Crippen LogP contribution in [0.25, 0.3) is 0 Å². The van der Waals surface area contributed by atoms with Gasteiger partial charge in [-0.25, -0.2) is 5.84 Å². The zero-order chi connectivity index (χ0) is 25.2. The first-order valence-corrected chi connectivity index (χ1v) is 13.7. The van der Waals surface area contributed by atoms with Crippen LogP contribution in [0.3, 0.4) is 0 Å². The maximum absolute atomic E-state index is 13.6. The fourth-order valence-electron chi connectivity index (χ4n) is 9.24. The van der Waals surface area contributed by atoms with E-state index in [1.807, 2.05) is 19.1 Å². The molecule has 0 heterocycles. The third-order valence-electron chi connectivity index (χ3n) is 11.2. The molecule has 5 rings (SSSR count). The van der Waals surface area contributed by atoms with E-state index < -0.39 is 5.60 Å². The lowest BCUT2D eigenvalue weighted by molar-refractivity contribution is -0.150. The van der Waals surface area contributed by atoms with Crippen molar-refractivity contribution in [2.24, 2.45) is 46.3 Å². The molecule has 4 saturated carbocycles. The number of fused-ring (bicyclic) bond motifs is 5. The molecule has 1 aromatic rings. The van der Waals surface area contributed by atoms with E-state index in [9.17, 15) is 9.90 Å². The molecule has 0 saturated heterocycles. The summed E-state index contributed by atoms with van der Waals surface area (Å²) >= 11 is 0. The van der Waals surface area contributed by atoms with Crippen LogP contribution in [0.5, 0.6) is 5.75 Å². The summed E-state index contributed by atoms with van der Waals surface area (Å²) in [6.45, 7) is 7.14. The number of carbonyl (C=O) groups excluding carboxylic acids is 1. The molecule has 4 aliphatic rings. The highest BCUT2D eigenvalue weighted by molar-refractivity contribution is 5.87. The minimum Gasteiger partial charge on any atom is -0.497 e. The van der Waals surface area contributed by atoms with Gasteiger partial charge in [0.05, 0.1) is 30.6 Å². The van der Waals surface area contributed by atoms with E-state index in [2.05, 4.69) is 13.8 Å². The molecule has 5 N–H and O–H groups in total. The molecule has 35 heavy (non-hydrogen) atoms. The molecule has 0 radical (unpaired) electrons. The smallest absolute Gasteiger partial charge is 0.157 e. The molecule has 0 aliphatic heterocycles. The van der Waals surface area contributed by atoms with Crippen LogP contribution in [0.1, 0.15) is 78.6 Å². The van der Waals surface area contributed by atoms with E-state index in [1.165, 1.54) is 24.3 Å². The lowest BCUT2D eigenvalue weighted by Crippen LogP contribution is -2.56. The van der Waals surface area contributed by atoms with Gasteiger partial charge in [-0.2, -0.15) is 0 Å². The number of aliphatic hydroxyl groups is 1. The predicted octanol–water partition coefficient (Wildman–Crippen LogP) is 4.94. The zero-order valence-electron chi connectivity index (χ0n) is 22.1. The molecule has 6 heteroatoms. The molecule has 0 bridgehead atoms. The number of methoxy groups -OCH3 is 1. The largest absolute Gasteiger partial charge is 0.497 e. The molecule has 194 valence electrons. The van der Waals surface area contributed by atoms with Crippen molar-refractivity contribution in [2.45, 2.75) is 84.2 Å². The number of ether oxygens (including phenoxy) is 1. The number of anilines is 2. The Balaban J connectivity index is 1.30. The maximum atomic E-state index is 13.6. The topological polar surface area (TPSA) is 102 Å². The number of carbonyl (C=O) groups is 1. The molecule has 0 unspecified atom stereocenters. The summed E-state index contributed by atoms with van der Waals surface area (Å²) < 4.78 is 5.24. The van der Waals surface area contributed by atoms with Crippen molar-refractivity contribution in [3.63, 3.8) is 0 Å². The molecule has 1 aromatic carbocycles. The number of benzene rings is 1. The summed E-state index contributed by atoms with van der Waals surface area (Å²) in [6, 6.07) is 5.40. The Kier molecular flexibility index (Phi) is 6.15. The summed E-state index contributed by atoms with van der Waals surface area (Å²) in [5.74, 6) is 10.0. The van der Waals surface area contributed by atoms with Gasteiger partial charge in [0.25, 0.3) is 0 Å². The van der Waals surface area contributed by atoms with Crippen LogP contribution in [0.4, 0.5) is 11.4 Å². The van der Waals surface area contributed by atoms with Crippen LogP contribution in [0, 0.1) is 40.4 Å². The Bertz CT molecular complexity index is 980. The number of ketones is 1. The van der Waals surface area contributed by atoms with Crippen molar-refractivity contribution in [3.05, 3.63) is 18.2 Å². The van der Waals surface area contributed by atoms with Crippen LogP contribution >= 0.6 is 0 Å². The van der Waals surface area contributed by atoms with E-state index in [4.69, 9.17) is 16.3 Å². The fourth-order valence-corrected chi connectivity index (χ4v) is 9.24. The third-order valence-corrected chi connectivity index (χ3v) is 11.2. The number of nitrogens with two attached hydrogens (primary N) is 2. The molecule has 4 fully saturated rings. The highest BCUT2D eigenvalue weighted by atomic mass is 16.5. The highest BCUT2D eigenvalue weighted by Gasteiger charge is 2.61. The summed E-state index contributed by atoms with van der Waals surface area (Å²) in [4.78, 5) is 13.6. The number of hydrogen-bond donors (Lipinski definition) is 3. The van der Waals surface area contributed by atoms with Gasteiger partial charge >= 0.3 is 0 Å². The Hall–Kier alpha value is -1.79. The first-order chi connectivity index (χ1) is 16.5. The standard InChI is InChI=1S/C29H45N3O3/c1-27(34)13-14-28(2)18(16-27)5-7-20-21-8-9-23(29(21,3)12-11-22(20)28)26(33)17-32(31)25-10-6-19(35-4)15-24(25)30/h6,10,15,18,20-23,34H,5,7-9,11-14,16-17,30-31H2,1-4H3/t18-,20-,21-,22-,23+,27+,28-,29-/m0/s1. The second kappa shape index (κ2) is 8.65. The Labute approximate surface area is 210 Å². The Morgan fingerprint density at radius 2 is 1.80 bits per heavy atom. The van der Waals surface area contributed by atoms with Crippen molar-refractivity contribution in [2.75, 3.05) is 24.4 Å². The lowest BCUT2D eigenvalue weighted by Gasteiger charge is -2.61. The van der Waals surface area contributed by atoms with E-state index in [-0.39, 0.29) is 23.7 Å². The SMILES string of the molecule is COc1ccc(N(N)CC(=O)[C@H]2CC[C@H]3[C@@H]4CC[C@H]5C[C@](C)(O)CC[C@]5(C)[C@H]4CC[C@]23C)c(N)c1. The normalized spacial score (nSPS) is 42.5. The number of nitrogens with zero attached hydrogens (tertiary/aromatic N) is 1. The summed E-state index contributed by atoms with van der Waals surface area (Å²) in [7, 11) is 1.61. The van der Waals surface area contributed by atoms with Crippen molar-refractivity contribution >= 4 is 17.2 Å². The molecular weight excluding hydrogens is 438 g/mol. The molecule has 4 aliphatic carbocycles. The van der Waals surface area contributed by atoms with E-state index in [0.29, 0.717) is 40.3 Å². The summed E-state index contributed by atoms with van der Waals surface area (Å²) in [6.07, 6.45) is 9.98. The molecule has 0 spiro atoms. The van der Waals surface area contributed by atoms with Crippen LogP contribution < -0.4 is 21.3 Å². The minimum atomic E-state index is -0.494. The van der Waals surface area contributed by atoms with Gasteiger partial charge in [-0.15, -0.1) is 0 Å². The number of hydrogen-bond acceptors (Lipinski definition) is 6. The maximum Gasteiger partial charge on any atom is 0.157 e. The molecule has 6 nitrogen and oxygen atoms in total. The van der Waals surface area contributed by atoms with Gasteiger partial charge in [-0.1, -0.05) is 13.8 Å². The molecular formula is C29H45N3O3. The lowest BCUT2D eigenvalue weighted by atomic mass is 9.44. The Morgan fingerprint density at radius 1 is 1.06 bits per heavy atom. The van der Waals surface area contributed by atoms with Gasteiger partial charge in [0, 0.05) is 12.0 Å². The van der Waals surface area contributed by atoms with Crippen LogP contribution in [-0.2, 0) is 4.79 Å². The second-order valence-corrected chi connectivity index (χ2v) is 13.1. The number of Topliss-reactive ketones (excluding diaryl/α,β-unsaturated/α-hetero) is 1. The van der Waals surface area contributed by atoms with Gasteiger partial charge in [0.2, 0.25) is 0 Å². The van der Waals surface area contributed by atoms with Gasteiger partial charge in [0.15, 0.2) is 5.78 Å². The van der Waals surface area contributed by atoms with Crippen molar-refractivity contribution in [3.8, 4) is 5.75 Å². The molecule has 8 atom stereocenters. The van der Waals surface area contributed by atoms with Crippen molar-refractivity contribution in [1.29, 1.82) is 0 Å². The van der Waals surface area contributed by atoms with Crippen molar-refractivity contribution in [1.82, 2.24) is 0 Å². The van der Waals surface area contributed by atoms with E-state index in [1.54, 1.807) is 13.2 Å². The van der Waals surface area contributed by atoms with Crippen LogP contribution in [0.15, 0.2) is 18.2 Å². The molecule has 0 amide bonds. The van der Waals surface area contributed by atoms with Gasteiger partial charge in [-0.05, 0) is 111 Å². The summed E-state index contributed by atoms with van der Waals surface area (Å²) in [5.41, 5.74) is 7.29. The number of rotatable bonds is 5. The minimum absolute atomic E-state index is 0.0634. The summed E-state index contributed by atoms with van der Waals surface area (Å²) in [5, 5.41) is 12.3. The van der Waals surface area contributed by atoms with Crippen LogP contribution in [0.2, 0.25) is 0 Å². The zero-order valence-corrected chi connectivity index (χ0v) is 22.1.